The number of carbonyl (C=O) groups is 1. The van der Waals surface area contributed by atoms with Crippen LogP contribution >= 0.6 is 11.6 Å². The Hall–Kier alpha value is -1.82. The van der Waals surface area contributed by atoms with Crippen molar-refractivity contribution >= 4 is 17.5 Å². The summed E-state index contributed by atoms with van der Waals surface area (Å²) in [7, 11) is 1.84. The maximum absolute atomic E-state index is 13.1. The van der Waals surface area contributed by atoms with E-state index in [0.717, 1.165) is 31.4 Å². The summed E-state index contributed by atoms with van der Waals surface area (Å²) in [5.41, 5.74) is 1.96. The normalized spacial score (nSPS) is 19.0. The quantitative estimate of drug-likeness (QED) is 0.842. The maximum atomic E-state index is 13.1. The van der Waals surface area contributed by atoms with Gasteiger partial charge in [0.2, 0.25) is 0 Å². The smallest absolute Gasteiger partial charge is 0.259 e. The van der Waals surface area contributed by atoms with Crippen LogP contribution in [0, 0.1) is 13.8 Å². The fourth-order valence-electron chi connectivity index (χ4n) is 3.27. The number of hydrogen-bond donors (Lipinski definition) is 0. The number of nitrogens with zero attached hydrogens (tertiary/aromatic N) is 4. The lowest BCUT2D eigenvalue weighted by atomic mass is 10.1. The molecule has 0 N–H and O–H groups in total. The molecule has 0 saturated carbocycles. The largest absolute Gasteiger partial charge is 0.361 e. The lowest BCUT2D eigenvalue weighted by molar-refractivity contribution is 0.0674. The van der Waals surface area contributed by atoms with Crippen molar-refractivity contribution in [3.63, 3.8) is 0 Å². The zero-order chi connectivity index (χ0) is 16.6. The third kappa shape index (κ3) is 3.00. The van der Waals surface area contributed by atoms with Crippen LogP contribution in [0.3, 0.4) is 0 Å². The number of aryl methyl sites for hydroxylation is 3. The molecule has 6 nitrogen and oxygen atoms in total. The van der Waals surface area contributed by atoms with E-state index in [1.165, 1.54) is 0 Å². The Morgan fingerprint density at radius 1 is 1.35 bits per heavy atom. The first kappa shape index (κ1) is 16.1. The molecular weight excluding hydrogens is 316 g/mol. The van der Waals surface area contributed by atoms with Crippen molar-refractivity contribution in [3.8, 4) is 0 Å². The zero-order valence-electron chi connectivity index (χ0n) is 13.7. The van der Waals surface area contributed by atoms with Gasteiger partial charge in [0.05, 0.1) is 16.8 Å². The Morgan fingerprint density at radius 3 is 2.74 bits per heavy atom. The van der Waals surface area contributed by atoms with E-state index in [4.69, 9.17) is 16.1 Å². The summed E-state index contributed by atoms with van der Waals surface area (Å²) in [4.78, 5) is 15.0. The van der Waals surface area contributed by atoms with E-state index < -0.39 is 0 Å². The van der Waals surface area contributed by atoms with Crippen molar-refractivity contribution in [1.29, 1.82) is 0 Å². The van der Waals surface area contributed by atoms with Crippen LogP contribution in [0.15, 0.2) is 10.7 Å². The molecule has 1 fully saturated rings. The first-order valence-corrected chi connectivity index (χ1v) is 8.29. The molecule has 1 atom stereocenters. The number of likely N-dealkylation sites (tertiary alicyclic amines) is 1. The molecule has 1 saturated heterocycles. The monoisotopic (exact) mass is 336 g/mol. The molecule has 0 aromatic carbocycles. The van der Waals surface area contributed by atoms with E-state index >= 15 is 0 Å². The summed E-state index contributed by atoms with van der Waals surface area (Å²) in [5.74, 6) is 0.512. The fraction of sp³-hybridized carbons (Fsp3) is 0.562. The predicted molar refractivity (Wildman–Crippen MR) is 86.4 cm³/mol. The fourth-order valence-corrected chi connectivity index (χ4v) is 3.58. The van der Waals surface area contributed by atoms with Crippen LogP contribution in [-0.4, -0.2) is 32.3 Å². The molecule has 7 heteroatoms. The Bertz CT molecular complexity index is 702. The molecule has 0 radical (unpaired) electrons. The van der Waals surface area contributed by atoms with Crippen molar-refractivity contribution in [1.82, 2.24) is 19.8 Å². The minimum atomic E-state index is -0.104. The van der Waals surface area contributed by atoms with Crippen molar-refractivity contribution in [3.05, 3.63) is 33.9 Å². The number of halogens is 1. The van der Waals surface area contributed by atoms with Crippen LogP contribution in [0.25, 0.3) is 0 Å². The molecule has 3 rings (SSSR count). The lowest BCUT2D eigenvalue weighted by Crippen LogP contribution is -2.35. The van der Waals surface area contributed by atoms with E-state index in [0.29, 0.717) is 28.6 Å². The molecular formula is C16H21ClN4O2. The maximum Gasteiger partial charge on any atom is 0.259 e. The molecule has 3 heterocycles. The van der Waals surface area contributed by atoms with Gasteiger partial charge >= 0.3 is 0 Å². The summed E-state index contributed by atoms with van der Waals surface area (Å²) in [6.07, 6.45) is 5.79. The van der Waals surface area contributed by atoms with Crippen molar-refractivity contribution in [2.24, 2.45) is 7.05 Å². The molecule has 0 spiro atoms. The number of aromatic nitrogens is 3. The van der Waals surface area contributed by atoms with Gasteiger partial charge in [-0.3, -0.25) is 9.48 Å². The molecule has 124 valence electrons. The summed E-state index contributed by atoms with van der Waals surface area (Å²) in [5, 5.41) is 9.00. The molecule has 1 aliphatic heterocycles. The van der Waals surface area contributed by atoms with Crippen LogP contribution in [0.5, 0.6) is 0 Å². The van der Waals surface area contributed by atoms with Crippen LogP contribution in [0.4, 0.5) is 0 Å². The minimum Gasteiger partial charge on any atom is -0.361 e. The van der Waals surface area contributed by atoms with E-state index in [2.05, 4.69) is 10.3 Å². The van der Waals surface area contributed by atoms with Gasteiger partial charge in [-0.25, -0.2) is 0 Å². The van der Waals surface area contributed by atoms with Gasteiger partial charge in [0, 0.05) is 19.8 Å². The first-order valence-electron chi connectivity index (χ1n) is 7.92. The van der Waals surface area contributed by atoms with Gasteiger partial charge in [-0.15, -0.1) is 0 Å². The van der Waals surface area contributed by atoms with Gasteiger partial charge in [-0.05, 0) is 26.7 Å². The average Bonchev–Trinajstić information content (AvgIpc) is 2.90. The SMILES string of the molecule is Cc1noc(C)c1C(=O)N1CCCCC[C@@H]1c1nn(C)cc1Cl. The second-order valence-corrected chi connectivity index (χ2v) is 6.51. The van der Waals surface area contributed by atoms with Crippen LogP contribution in [0.1, 0.15) is 59.2 Å². The third-order valence-corrected chi connectivity index (χ3v) is 4.68. The highest BCUT2D eigenvalue weighted by Gasteiger charge is 2.33. The van der Waals surface area contributed by atoms with Crippen molar-refractivity contribution in [2.75, 3.05) is 6.54 Å². The van der Waals surface area contributed by atoms with Crippen molar-refractivity contribution < 1.29 is 9.32 Å². The highest BCUT2D eigenvalue weighted by atomic mass is 35.5. The first-order chi connectivity index (χ1) is 11.0. The van der Waals surface area contributed by atoms with Gasteiger partial charge < -0.3 is 9.42 Å². The topological polar surface area (TPSA) is 64.2 Å². The molecule has 1 aliphatic rings. The number of hydrogen-bond acceptors (Lipinski definition) is 4. The zero-order valence-corrected chi connectivity index (χ0v) is 14.4. The second-order valence-electron chi connectivity index (χ2n) is 6.10. The van der Waals surface area contributed by atoms with Gasteiger partial charge in [0.25, 0.3) is 5.91 Å². The Kier molecular flexibility index (Phi) is 4.43. The Balaban J connectivity index is 1.99. The predicted octanol–water partition coefficient (Wildman–Crippen LogP) is 3.44. The van der Waals surface area contributed by atoms with E-state index in [1.54, 1.807) is 24.7 Å². The summed E-state index contributed by atoms with van der Waals surface area (Å²) < 4.78 is 6.86. The Morgan fingerprint density at radius 2 is 2.13 bits per heavy atom. The summed E-state index contributed by atoms with van der Waals surface area (Å²) in [6, 6.07) is -0.104. The second kappa shape index (κ2) is 6.35. The van der Waals surface area contributed by atoms with Gasteiger partial charge in [-0.2, -0.15) is 5.10 Å². The summed E-state index contributed by atoms with van der Waals surface area (Å²) >= 11 is 6.34. The minimum absolute atomic E-state index is 0.0464. The molecule has 0 bridgehead atoms. The number of carbonyl (C=O) groups excluding carboxylic acids is 1. The molecule has 1 amide bonds. The Labute approximate surface area is 140 Å². The molecule has 0 aliphatic carbocycles. The highest BCUT2D eigenvalue weighted by Crippen LogP contribution is 2.34. The van der Waals surface area contributed by atoms with E-state index in [1.807, 2.05) is 11.9 Å². The highest BCUT2D eigenvalue weighted by molar-refractivity contribution is 6.31. The molecule has 2 aromatic rings. The van der Waals surface area contributed by atoms with Crippen molar-refractivity contribution in [2.45, 2.75) is 45.6 Å². The van der Waals surface area contributed by atoms with Crippen LogP contribution < -0.4 is 0 Å². The van der Waals surface area contributed by atoms with Crippen LogP contribution in [-0.2, 0) is 7.05 Å². The standard InChI is InChI=1S/C16H21ClN4O2/c1-10-14(11(2)23-19-10)16(22)21-8-6-4-5-7-13(21)15-12(17)9-20(3)18-15/h9,13H,4-8H2,1-3H3/t13-/m1/s1. The summed E-state index contributed by atoms with van der Waals surface area (Å²) in [6.45, 7) is 4.26. The van der Waals surface area contributed by atoms with Gasteiger partial charge in [-0.1, -0.05) is 29.6 Å². The van der Waals surface area contributed by atoms with Gasteiger partial charge in [0.1, 0.15) is 17.0 Å². The lowest BCUT2D eigenvalue weighted by Gasteiger charge is -2.29. The molecule has 23 heavy (non-hydrogen) atoms. The number of rotatable bonds is 2. The third-order valence-electron chi connectivity index (χ3n) is 4.39. The van der Waals surface area contributed by atoms with E-state index in [9.17, 15) is 4.79 Å². The average molecular weight is 337 g/mol. The molecule has 0 unspecified atom stereocenters. The number of amides is 1. The van der Waals surface area contributed by atoms with Gasteiger partial charge in [0.15, 0.2) is 0 Å². The van der Waals surface area contributed by atoms with E-state index in [-0.39, 0.29) is 11.9 Å². The molecule has 2 aromatic heterocycles. The van der Waals surface area contributed by atoms with Crippen LogP contribution in [0.2, 0.25) is 5.02 Å².